The highest BCUT2D eigenvalue weighted by Gasteiger charge is 2.32. The minimum absolute atomic E-state index is 0.0145. The van der Waals surface area contributed by atoms with Crippen LogP contribution in [0.4, 0.5) is 13.2 Å². The van der Waals surface area contributed by atoms with Gasteiger partial charge in [0.25, 0.3) is 0 Å². The molecule has 23 heavy (non-hydrogen) atoms. The third-order valence-electron chi connectivity index (χ3n) is 3.10. The van der Waals surface area contributed by atoms with Crippen LogP contribution in [-0.2, 0) is 11.2 Å². The predicted molar refractivity (Wildman–Crippen MR) is 78.9 cm³/mol. The van der Waals surface area contributed by atoms with E-state index < -0.39 is 18.6 Å². The summed E-state index contributed by atoms with van der Waals surface area (Å²) in [7, 11) is 0. The largest absolute Gasteiger partial charge is 0.406 e. The van der Waals surface area contributed by atoms with E-state index in [1.165, 1.54) is 18.3 Å². The fourth-order valence-corrected chi connectivity index (χ4v) is 2.65. The normalized spacial score (nSPS) is 11.7. The smallest absolute Gasteiger partial charge is 0.339 e. The molecule has 0 aliphatic carbocycles. The molecule has 2 rings (SSSR count). The average molecular weight is 347 g/mol. The van der Waals surface area contributed by atoms with Crippen LogP contribution in [0, 0.1) is 0 Å². The van der Waals surface area contributed by atoms with E-state index in [9.17, 15) is 18.0 Å². The molecule has 2 heterocycles. The zero-order chi connectivity index (χ0) is 16.9. The lowest BCUT2D eigenvalue weighted by atomic mass is 10.2. The molecule has 0 aliphatic rings. The Morgan fingerprint density at radius 1 is 1.43 bits per heavy atom. The summed E-state index contributed by atoms with van der Waals surface area (Å²) in [5.74, 6) is 0.330. The van der Waals surface area contributed by atoms with E-state index in [4.69, 9.17) is 4.52 Å². The van der Waals surface area contributed by atoms with Crippen molar-refractivity contribution in [3.05, 3.63) is 23.4 Å². The van der Waals surface area contributed by atoms with E-state index in [0.29, 0.717) is 24.6 Å². The van der Waals surface area contributed by atoms with E-state index in [1.807, 2.05) is 17.5 Å². The number of halogens is 3. The van der Waals surface area contributed by atoms with E-state index in [0.717, 1.165) is 9.78 Å². The summed E-state index contributed by atoms with van der Waals surface area (Å²) >= 11 is 1.48. The predicted octanol–water partition coefficient (Wildman–Crippen LogP) is 3.53. The van der Waals surface area contributed by atoms with E-state index in [1.54, 1.807) is 0 Å². The Hall–Kier alpha value is -1.90. The van der Waals surface area contributed by atoms with Crippen LogP contribution in [0.1, 0.15) is 25.7 Å². The van der Waals surface area contributed by atoms with Crippen molar-refractivity contribution in [1.82, 2.24) is 15.0 Å². The van der Waals surface area contributed by atoms with Gasteiger partial charge < -0.3 is 9.42 Å². The van der Waals surface area contributed by atoms with Gasteiger partial charge >= 0.3 is 6.18 Å². The number of aromatic nitrogens is 2. The molecule has 0 aromatic carbocycles. The van der Waals surface area contributed by atoms with Gasteiger partial charge in [-0.05, 0) is 24.8 Å². The van der Waals surface area contributed by atoms with Crippen LogP contribution in [0.25, 0.3) is 10.7 Å². The average Bonchev–Trinajstić information content (AvgIpc) is 3.14. The molecule has 2 aromatic rings. The Morgan fingerprint density at radius 2 is 2.22 bits per heavy atom. The second-order valence-corrected chi connectivity index (χ2v) is 5.81. The number of nitrogens with zero attached hydrogens (tertiary/aromatic N) is 3. The minimum atomic E-state index is -4.38. The highest BCUT2D eigenvalue weighted by molar-refractivity contribution is 7.13. The zero-order valence-corrected chi connectivity index (χ0v) is 13.3. The summed E-state index contributed by atoms with van der Waals surface area (Å²) in [5.41, 5.74) is 0. The van der Waals surface area contributed by atoms with E-state index in [-0.39, 0.29) is 13.0 Å². The first-order valence-electron chi connectivity index (χ1n) is 7.10. The molecule has 0 saturated carbocycles. The quantitative estimate of drug-likeness (QED) is 0.769. The molecule has 0 saturated heterocycles. The van der Waals surface area contributed by atoms with Gasteiger partial charge in [0.2, 0.25) is 17.6 Å². The van der Waals surface area contributed by atoms with Crippen molar-refractivity contribution in [3.63, 3.8) is 0 Å². The molecule has 0 fully saturated rings. The summed E-state index contributed by atoms with van der Waals surface area (Å²) in [6, 6.07) is 3.73. The molecule has 0 unspecified atom stereocenters. The molecule has 5 nitrogen and oxygen atoms in total. The number of hydrogen-bond acceptors (Lipinski definition) is 5. The number of carbonyl (C=O) groups excluding carboxylic acids is 1. The number of carbonyl (C=O) groups is 1. The van der Waals surface area contributed by atoms with Gasteiger partial charge in [-0.1, -0.05) is 11.2 Å². The molecular weight excluding hydrogens is 331 g/mol. The minimum Gasteiger partial charge on any atom is -0.339 e. The van der Waals surface area contributed by atoms with Crippen molar-refractivity contribution >= 4 is 17.2 Å². The Bertz CT molecular complexity index is 626. The van der Waals surface area contributed by atoms with Crippen molar-refractivity contribution in [2.75, 3.05) is 13.1 Å². The Morgan fingerprint density at radius 3 is 2.83 bits per heavy atom. The maximum Gasteiger partial charge on any atom is 0.406 e. The van der Waals surface area contributed by atoms with Crippen LogP contribution in [-0.4, -0.2) is 40.2 Å². The van der Waals surface area contributed by atoms with Crippen LogP contribution in [0.3, 0.4) is 0 Å². The van der Waals surface area contributed by atoms with Gasteiger partial charge in [-0.3, -0.25) is 4.79 Å². The SMILES string of the molecule is CCN(CC(F)(F)F)C(=O)CCCc1nc(-c2cccs2)no1. The van der Waals surface area contributed by atoms with Crippen LogP contribution in [0.2, 0.25) is 0 Å². The lowest BCUT2D eigenvalue weighted by Gasteiger charge is -2.22. The molecule has 0 atom stereocenters. The molecule has 0 radical (unpaired) electrons. The van der Waals surface area contributed by atoms with Crippen molar-refractivity contribution in [3.8, 4) is 10.7 Å². The van der Waals surface area contributed by atoms with Crippen LogP contribution in [0.5, 0.6) is 0 Å². The van der Waals surface area contributed by atoms with Crippen molar-refractivity contribution in [2.45, 2.75) is 32.4 Å². The Kier molecular flexibility index (Phi) is 5.75. The summed E-state index contributed by atoms with van der Waals surface area (Å²) in [5, 5.41) is 5.73. The van der Waals surface area contributed by atoms with E-state index in [2.05, 4.69) is 10.1 Å². The standard InChI is InChI=1S/C14H16F3N3O2S/c1-2-20(9-14(15,16)17)12(21)7-3-6-11-18-13(19-22-11)10-5-4-8-23-10/h4-5,8H,2-3,6-7,9H2,1H3. The molecule has 2 aromatic heterocycles. The number of aryl methyl sites for hydroxylation is 1. The number of alkyl halides is 3. The number of rotatable bonds is 7. The van der Waals surface area contributed by atoms with Gasteiger partial charge in [0, 0.05) is 19.4 Å². The monoisotopic (exact) mass is 347 g/mol. The molecule has 9 heteroatoms. The third-order valence-corrected chi connectivity index (χ3v) is 3.96. The second kappa shape index (κ2) is 7.58. The summed E-state index contributed by atoms with van der Waals surface area (Å²) < 4.78 is 42.1. The van der Waals surface area contributed by atoms with Crippen molar-refractivity contribution in [1.29, 1.82) is 0 Å². The third kappa shape index (κ3) is 5.34. The lowest BCUT2D eigenvalue weighted by Crippen LogP contribution is -2.38. The molecule has 0 aliphatic heterocycles. The van der Waals surface area contributed by atoms with Gasteiger partial charge in [-0.15, -0.1) is 11.3 Å². The number of hydrogen-bond donors (Lipinski definition) is 0. The van der Waals surface area contributed by atoms with E-state index >= 15 is 0 Å². The van der Waals surface area contributed by atoms with Crippen LogP contribution < -0.4 is 0 Å². The van der Waals surface area contributed by atoms with Gasteiger partial charge in [-0.2, -0.15) is 18.2 Å². The molecule has 0 spiro atoms. The maximum absolute atomic E-state index is 12.4. The lowest BCUT2D eigenvalue weighted by molar-refractivity contribution is -0.160. The highest BCUT2D eigenvalue weighted by atomic mass is 32.1. The zero-order valence-electron chi connectivity index (χ0n) is 12.5. The fraction of sp³-hybridized carbons (Fsp3) is 0.500. The molecular formula is C14H16F3N3O2S. The summed E-state index contributed by atoms with van der Waals surface area (Å²) in [4.78, 5) is 17.7. The topological polar surface area (TPSA) is 59.2 Å². The number of amides is 1. The highest BCUT2D eigenvalue weighted by Crippen LogP contribution is 2.22. The van der Waals surface area contributed by atoms with Crippen molar-refractivity contribution in [2.24, 2.45) is 0 Å². The molecule has 0 N–H and O–H groups in total. The second-order valence-electron chi connectivity index (χ2n) is 4.87. The molecule has 1 amide bonds. The Labute approximate surface area is 135 Å². The fourth-order valence-electron chi connectivity index (χ4n) is 2.00. The van der Waals surface area contributed by atoms with Gasteiger partial charge in [-0.25, -0.2) is 0 Å². The summed E-state index contributed by atoms with van der Waals surface area (Å²) in [6.07, 6.45) is -3.65. The first-order valence-corrected chi connectivity index (χ1v) is 7.98. The molecule has 0 bridgehead atoms. The Balaban J connectivity index is 1.81. The summed E-state index contributed by atoms with van der Waals surface area (Å²) in [6.45, 7) is 0.335. The van der Waals surface area contributed by atoms with Gasteiger partial charge in [0.05, 0.1) is 4.88 Å². The van der Waals surface area contributed by atoms with Crippen LogP contribution >= 0.6 is 11.3 Å². The first-order chi connectivity index (χ1) is 10.9. The van der Waals surface area contributed by atoms with Gasteiger partial charge in [0.15, 0.2) is 0 Å². The van der Waals surface area contributed by atoms with Crippen molar-refractivity contribution < 1.29 is 22.5 Å². The maximum atomic E-state index is 12.4. The first kappa shape index (κ1) is 17.5. The van der Waals surface area contributed by atoms with Crippen LogP contribution in [0.15, 0.2) is 22.0 Å². The molecule has 126 valence electrons. The van der Waals surface area contributed by atoms with Gasteiger partial charge in [0.1, 0.15) is 6.54 Å². The number of thiophene rings is 1.